The Kier molecular flexibility index (Phi) is 4.82. The van der Waals surface area contributed by atoms with Gasteiger partial charge >= 0.3 is 6.03 Å². The van der Waals surface area contributed by atoms with Crippen LogP contribution in [0.1, 0.15) is 18.4 Å². The van der Waals surface area contributed by atoms with Gasteiger partial charge in [0.2, 0.25) is 0 Å². The average molecular weight is 254 g/mol. The molecule has 2 rings (SSSR count). The third-order valence-corrected chi connectivity index (χ3v) is 3.53. The van der Waals surface area contributed by atoms with Crippen LogP contribution in [0, 0.1) is 0 Å². The summed E-state index contributed by atoms with van der Waals surface area (Å²) >= 11 is 1.68. The van der Waals surface area contributed by atoms with Crippen LogP contribution in [0.3, 0.4) is 0 Å². The van der Waals surface area contributed by atoms with Gasteiger partial charge in [0.1, 0.15) is 0 Å². The van der Waals surface area contributed by atoms with E-state index in [2.05, 4.69) is 22.1 Å². The average Bonchev–Trinajstić information content (AvgIpc) is 2.99. The summed E-state index contributed by atoms with van der Waals surface area (Å²) in [7, 11) is 0. The zero-order valence-corrected chi connectivity index (χ0v) is 10.6. The van der Waals surface area contributed by atoms with E-state index in [1.165, 1.54) is 5.56 Å². The Morgan fingerprint density at radius 2 is 2.47 bits per heavy atom. The molecule has 0 radical (unpaired) electrons. The minimum absolute atomic E-state index is 0.101. The maximum Gasteiger partial charge on any atom is 0.314 e. The van der Waals surface area contributed by atoms with E-state index in [9.17, 15) is 4.79 Å². The number of ether oxygens (including phenoxy) is 1. The summed E-state index contributed by atoms with van der Waals surface area (Å²) in [5.74, 6) is 0. The highest BCUT2D eigenvalue weighted by atomic mass is 32.1. The summed E-state index contributed by atoms with van der Waals surface area (Å²) in [6.07, 6.45) is 3.25. The summed E-state index contributed by atoms with van der Waals surface area (Å²) in [6.45, 7) is 2.12. The smallest absolute Gasteiger partial charge is 0.314 e. The van der Waals surface area contributed by atoms with Crippen LogP contribution < -0.4 is 10.6 Å². The van der Waals surface area contributed by atoms with Gasteiger partial charge < -0.3 is 15.4 Å². The van der Waals surface area contributed by atoms with Crippen LogP contribution in [0.5, 0.6) is 0 Å². The summed E-state index contributed by atoms with van der Waals surface area (Å²) in [5.41, 5.74) is 1.27. The summed E-state index contributed by atoms with van der Waals surface area (Å²) in [5, 5.41) is 9.83. The maximum atomic E-state index is 11.5. The fraction of sp³-hybridized carbons (Fsp3) is 0.583. The van der Waals surface area contributed by atoms with Crippen molar-refractivity contribution in [3.8, 4) is 0 Å². The van der Waals surface area contributed by atoms with Crippen molar-refractivity contribution in [2.24, 2.45) is 0 Å². The zero-order chi connectivity index (χ0) is 11.9. The second-order valence-electron chi connectivity index (χ2n) is 4.15. The molecular weight excluding hydrogens is 236 g/mol. The molecule has 0 saturated carbocycles. The molecular formula is C12H18N2O2S. The molecule has 1 aliphatic rings. The molecule has 4 nitrogen and oxygen atoms in total. The molecule has 0 aliphatic carbocycles. The fourth-order valence-corrected chi connectivity index (χ4v) is 2.53. The lowest BCUT2D eigenvalue weighted by Crippen LogP contribution is -2.40. The Hall–Kier alpha value is -1.07. The van der Waals surface area contributed by atoms with Crippen molar-refractivity contribution < 1.29 is 9.53 Å². The van der Waals surface area contributed by atoms with Gasteiger partial charge in [-0.3, -0.25) is 0 Å². The van der Waals surface area contributed by atoms with E-state index in [1.54, 1.807) is 11.3 Å². The summed E-state index contributed by atoms with van der Waals surface area (Å²) in [4.78, 5) is 11.5. The lowest BCUT2D eigenvalue weighted by molar-refractivity contribution is 0.111. The summed E-state index contributed by atoms with van der Waals surface area (Å²) in [6, 6.07) is 1.98. The van der Waals surface area contributed by atoms with Crippen molar-refractivity contribution in [3.05, 3.63) is 22.4 Å². The second-order valence-corrected chi connectivity index (χ2v) is 4.93. The van der Waals surface area contributed by atoms with Gasteiger partial charge in [0.05, 0.1) is 6.10 Å². The second kappa shape index (κ2) is 6.61. The Morgan fingerprint density at radius 1 is 1.53 bits per heavy atom. The van der Waals surface area contributed by atoms with Gasteiger partial charge in [-0.05, 0) is 41.7 Å². The number of hydrogen-bond donors (Lipinski definition) is 2. The quantitative estimate of drug-likeness (QED) is 0.841. The van der Waals surface area contributed by atoms with E-state index in [0.29, 0.717) is 13.1 Å². The molecule has 2 heterocycles. The molecule has 1 aromatic heterocycles. The predicted octanol–water partition coefficient (Wildman–Crippen LogP) is 1.77. The molecule has 5 heteroatoms. The zero-order valence-electron chi connectivity index (χ0n) is 9.78. The van der Waals surface area contributed by atoms with E-state index in [1.807, 2.05) is 5.38 Å². The fourth-order valence-electron chi connectivity index (χ4n) is 1.83. The first kappa shape index (κ1) is 12.4. The van der Waals surface area contributed by atoms with Gasteiger partial charge in [0.15, 0.2) is 0 Å². The summed E-state index contributed by atoms with van der Waals surface area (Å²) < 4.78 is 5.43. The van der Waals surface area contributed by atoms with Crippen LogP contribution in [0.2, 0.25) is 0 Å². The molecule has 2 N–H and O–H groups in total. The highest BCUT2D eigenvalue weighted by molar-refractivity contribution is 7.07. The van der Waals surface area contributed by atoms with Gasteiger partial charge in [-0.25, -0.2) is 4.79 Å². The number of nitrogens with one attached hydrogen (secondary N) is 2. The van der Waals surface area contributed by atoms with Gasteiger partial charge in [0.25, 0.3) is 0 Å². The maximum absolute atomic E-state index is 11.5. The van der Waals surface area contributed by atoms with Gasteiger partial charge in [-0.2, -0.15) is 11.3 Å². The molecule has 0 unspecified atom stereocenters. The minimum atomic E-state index is -0.101. The number of thiophene rings is 1. The lowest BCUT2D eigenvalue weighted by atomic mass is 10.2. The standard InChI is InChI=1S/C12H18N2O2S/c15-12(14-8-11-2-1-6-16-11)13-5-3-10-4-7-17-9-10/h4,7,9,11H,1-3,5-6,8H2,(H2,13,14,15)/t11-/m1/s1. The van der Waals surface area contributed by atoms with Gasteiger partial charge in [-0.15, -0.1) is 0 Å². The predicted molar refractivity (Wildman–Crippen MR) is 68.4 cm³/mol. The number of hydrogen-bond acceptors (Lipinski definition) is 3. The van der Waals surface area contributed by atoms with Crippen LogP contribution in [0.25, 0.3) is 0 Å². The SMILES string of the molecule is O=C(NCCc1ccsc1)NC[C@H]1CCCO1. The van der Waals surface area contributed by atoms with Crippen molar-refractivity contribution in [2.75, 3.05) is 19.7 Å². The molecule has 0 aromatic carbocycles. The number of amides is 2. The monoisotopic (exact) mass is 254 g/mol. The van der Waals surface area contributed by atoms with Crippen molar-refractivity contribution in [1.82, 2.24) is 10.6 Å². The molecule has 1 aliphatic heterocycles. The lowest BCUT2D eigenvalue weighted by Gasteiger charge is -2.11. The van der Waals surface area contributed by atoms with E-state index < -0.39 is 0 Å². The Balaban J connectivity index is 1.54. The molecule has 1 saturated heterocycles. The number of urea groups is 1. The Labute approximate surface area is 105 Å². The first-order valence-corrected chi connectivity index (χ1v) is 6.93. The highest BCUT2D eigenvalue weighted by Gasteiger charge is 2.15. The molecule has 0 bridgehead atoms. The van der Waals surface area contributed by atoms with Gasteiger partial charge in [-0.1, -0.05) is 0 Å². The highest BCUT2D eigenvalue weighted by Crippen LogP contribution is 2.10. The van der Waals surface area contributed by atoms with E-state index in [0.717, 1.165) is 25.9 Å². The van der Waals surface area contributed by atoms with Crippen LogP contribution in [-0.4, -0.2) is 31.8 Å². The van der Waals surface area contributed by atoms with Crippen molar-refractivity contribution in [3.63, 3.8) is 0 Å². The molecule has 0 spiro atoms. The number of rotatable bonds is 5. The molecule has 17 heavy (non-hydrogen) atoms. The largest absolute Gasteiger partial charge is 0.376 e. The van der Waals surface area contributed by atoms with Crippen molar-refractivity contribution in [1.29, 1.82) is 0 Å². The normalized spacial score (nSPS) is 19.2. The topological polar surface area (TPSA) is 50.4 Å². The molecule has 2 amide bonds. The third-order valence-electron chi connectivity index (χ3n) is 2.79. The van der Waals surface area contributed by atoms with Crippen molar-refractivity contribution in [2.45, 2.75) is 25.4 Å². The molecule has 94 valence electrons. The Morgan fingerprint density at radius 3 is 3.18 bits per heavy atom. The molecule has 1 fully saturated rings. The van der Waals surface area contributed by atoms with Crippen LogP contribution in [0.15, 0.2) is 16.8 Å². The van der Waals surface area contributed by atoms with Crippen LogP contribution >= 0.6 is 11.3 Å². The number of carbonyl (C=O) groups is 1. The van der Waals surface area contributed by atoms with E-state index >= 15 is 0 Å². The van der Waals surface area contributed by atoms with Crippen LogP contribution in [0.4, 0.5) is 4.79 Å². The van der Waals surface area contributed by atoms with Gasteiger partial charge in [0, 0.05) is 19.7 Å². The third kappa shape index (κ3) is 4.36. The Bertz CT molecular complexity index is 334. The van der Waals surface area contributed by atoms with E-state index in [4.69, 9.17) is 4.74 Å². The first-order valence-electron chi connectivity index (χ1n) is 5.99. The number of carbonyl (C=O) groups excluding carboxylic acids is 1. The van der Waals surface area contributed by atoms with E-state index in [-0.39, 0.29) is 12.1 Å². The molecule has 1 aromatic rings. The molecule has 1 atom stereocenters. The van der Waals surface area contributed by atoms with Crippen molar-refractivity contribution >= 4 is 17.4 Å². The van der Waals surface area contributed by atoms with Crippen LogP contribution in [-0.2, 0) is 11.2 Å². The first-order chi connectivity index (χ1) is 8.34. The minimum Gasteiger partial charge on any atom is -0.376 e.